The Morgan fingerprint density at radius 2 is 2.17 bits per heavy atom. The summed E-state index contributed by atoms with van der Waals surface area (Å²) in [6.07, 6.45) is 1.07. The summed E-state index contributed by atoms with van der Waals surface area (Å²) in [5.41, 5.74) is 1.41. The van der Waals surface area contributed by atoms with Gasteiger partial charge < -0.3 is 15.1 Å². The lowest BCUT2D eigenvalue weighted by molar-refractivity contribution is -0.113. The van der Waals surface area contributed by atoms with E-state index in [9.17, 15) is 9.59 Å². The van der Waals surface area contributed by atoms with Crippen LogP contribution in [0.25, 0.3) is 0 Å². The van der Waals surface area contributed by atoms with Gasteiger partial charge in [-0.3, -0.25) is 9.59 Å². The fourth-order valence-electron chi connectivity index (χ4n) is 3.40. The molecule has 0 radical (unpaired) electrons. The number of benzene rings is 1. The van der Waals surface area contributed by atoms with Gasteiger partial charge in [-0.2, -0.15) is 0 Å². The number of thioether (sulfide) groups is 1. The molecule has 23 heavy (non-hydrogen) atoms. The number of carbonyl (C=O) groups excluding carboxylic acids is 2. The first-order valence-electron chi connectivity index (χ1n) is 8.02. The van der Waals surface area contributed by atoms with Crippen LogP contribution in [0.5, 0.6) is 0 Å². The predicted octanol–water partition coefficient (Wildman–Crippen LogP) is 2.14. The standard InChI is InChI=1S/C17H23N3O2S/c1-4-11-8-20(9-14(11)19(2)3)17(22)12-5-6-15-13(7-12)18-16(21)10-23-15/h5-7,11,14H,4,8-10H2,1-3H3,(H,18,21)/t11-,14+/m0/s1. The van der Waals surface area contributed by atoms with E-state index >= 15 is 0 Å². The van der Waals surface area contributed by atoms with E-state index in [1.54, 1.807) is 0 Å². The van der Waals surface area contributed by atoms with E-state index in [0.717, 1.165) is 30.1 Å². The van der Waals surface area contributed by atoms with E-state index in [-0.39, 0.29) is 11.8 Å². The number of hydrogen-bond donors (Lipinski definition) is 1. The van der Waals surface area contributed by atoms with Crippen molar-refractivity contribution < 1.29 is 9.59 Å². The number of fused-ring (bicyclic) bond motifs is 1. The third-order valence-electron chi connectivity index (χ3n) is 4.74. The summed E-state index contributed by atoms with van der Waals surface area (Å²) in [6.45, 7) is 3.75. The Balaban J connectivity index is 1.79. The molecule has 5 nitrogen and oxygen atoms in total. The minimum absolute atomic E-state index is 0.00742. The highest BCUT2D eigenvalue weighted by Crippen LogP contribution is 2.33. The lowest BCUT2D eigenvalue weighted by Crippen LogP contribution is -2.36. The summed E-state index contributed by atoms with van der Waals surface area (Å²) in [4.78, 5) is 29.5. The maximum Gasteiger partial charge on any atom is 0.253 e. The van der Waals surface area contributed by atoms with Crippen LogP contribution in [-0.2, 0) is 4.79 Å². The van der Waals surface area contributed by atoms with E-state index in [2.05, 4.69) is 31.2 Å². The van der Waals surface area contributed by atoms with Gasteiger partial charge >= 0.3 is 0 Å². The SMILES string of the molecule is CC[C@H]1CN(C(=O)c2ccc3c(c2)NC(=O)CS3)C[C@H]1N(C)C. The Labute approximate surface area is 141 Å². The minimum atomic E-state index is -0.00742. The summed E-state index contributed by atoms with van der Waals surface area (Å²) in [7, 11) is 4.15. The zero-order chi connectivity index (χ0) is 16.6. The molecule has 2 aliphatic heterocycles. The first-order valence-corrected chi connectivity index (χ1v) is 9.00. The summed E-state index contributed by atoms with van der Waals surface area (Å²) < 4.78 is 0. The highest BCUT2D eigenvalue weighted by molar-refractivity contribution is 8.00. The van der Waals surface area contributed by atoms with Crippen molar-refractivity contribution in [2.45, 2.75) is 24.3 Å². The predicted molar refractivity (Wildman–Crippen MR) is 93.0 cm³/mol. The molecule has 124 valence electrons. The molecule has 0 aliphatic carbocycles. The molecule has 1 fully saturated rings. The second-order valence-electron chi connectivity index (χ2n) is 6.46. The number of carbonyl (C=O) groups is 2. The zero-order valence-corrected chi connectivity index (χ0v) is 14.7. The third-order valence-corrected chi connectivity index (χ3v) is 5.81. The minimum Gasteiger partial charge on any atom is -0.337 e. The van der Waals surface area contributed by atoms with Gasteiger partial charge in [-0.05, 0) is 38.2 Å². The number of hydrogen-bond acceptors (Lipinski definition) is 4. The molecule has 0 unspecified atom stereocenters. The van der Waals surface area contributed by atoms with Crippen molar-refractivity contribution in [2.75, 3.05) is 38.3 Å². The van der Waals surface area contributed by atoms with Gasteiger partial charge in [0.1, 0.15) is 0 Å². The number of rotatable bonds is 3. The fourth-order valence-corrected chi connectivity index (χ4v) is 4.19. The molecular formula is C17H23N3O2S. The second-order valence-corrected chi connectivity index (χ2v) is 7.47. The maximum atomic E-state index is 12.8. The van der Waals surface area contributed by atoms with Gasteiger partial charge in [-0.25, -0.2) is 0 Å². The Bertz CT molecular complexity index is 632. The van der Waals surface area contributed by atoms with Gasteiger partial charge in [0.2, 0.25) is 5.91 Å². The molecule has 3 rings (SSSR count). The molecule has 1 N–H and O–H groups in total. The van der Waals surface area contributed by atoms with Crippen LogP contribution >= 0.6 is 11.8 Å². The Kier molecular flexibility index (Phi) is 4.64. The van der Waals surface area contributed by atoms with Crippen LogP contribution in [0, 0.1) is 5.92 Å². The van der Waals surface area contributed by atoms with Crippen LogP contribution in [0.15, 0.2) is 23.1 Å². The van der Waals surface area contributed by atoms with Crippen LogP contribution < -0.4 is 5.32 Å². The first-order chi connectivity index (χ1) is 11.0. The van der Waals surface area contributed by atoms with Crippen molar-refractivity contribution in [1.82, 2.24) is 9.80 Å². The average molecular weight is 333 g/mol. The van der Waals surface area contributed by atoms with Crippen LogP contribution in [0.1, 0.15) is 23.7 Å². The molecule has 1 aromatic rings. The molecule has 0 aromatic heterocycles. The number of anilines is 1. The quantitative estimate of drug-likeness (QED) is 0.921. The van der Waals surface area contributed by atoms with Crippen molar-refractivity contribution in [3.63, 3.8) is 0 Å². The molecule has 0 spiro atoms. The lowest BCUT2D eigenvalue weighted by atomic mass is 10.0. The van der Waals surface area contributed by atoms with Gasteiger partial charge in [0.15, 0.2) is 0 Å². The monoisotopic (exact) mass is 333 g/mol. The fraction of sp³-hybridized carbons (Fsp3) is 0.529. The van der Waals surface area contributed by atoms with E-state index in [4.69, 9.17) is 0 Å². The number of likely N-dealkylation sites (tertiary alicyclic amines) is 1. The highest BCUT2D eigenvalue weighted by atomic mass is 32.2. The van der Waals surface area contributed by atoms with E-state index in [1.807, 2.05) is 23.1 Å². The molecule has 2 atom stereocenters. The third kappa shape index (κ3) is 3.23. The molecule has 6 heteroatoms. The molecule has 0 bridgehead atoms. The number of nitrogens with zero attached hydrogens (tertiary/aromatic N) is 2. The number of nitrogens with one attached hydrogen (secondary N) is 1. The average Bonchev–Trinajstić information content (AvgIpc) is 2.98. The van der Waals surface area contributed by atoms with Crippen molar-refractivity contribution >= 4 is 29.3 Å². The summed E-state index contributed by atoms with van der Waals surface area (Å²) in [5, 5.41) is 2.85. The van der Waals surface area contributed by atoms with Gasteiger partial charge in [-0.15, -0.1) is 11.8 Å². The summed E-state index contributed by atoms with van der Waals surface area (Å²) in [5.74, 6) is 1.00. The Hall–Kier alpha value is -1.53. The van der Waals surface area contributed by atoms with E-state index < -0.39 is 0 Å². The van der Waals surface area contributed by atoms with Crippen molar-refractivity contribution in [3.05, 3.63) is 23.8 Å². The van der Waals surface area contributed by atoms with Crippen molar-refractivity contribution in [3.8, 4) is 0 Å². The molecule has 0 saturated carbocycles. The summed E-state index contributed by atoms with van der Waals surface area (Å²) >= 11 is 1.51. The largest absolute Gasteiger partial charge is 0.337 e. The maximum absolute atomic E-state index is 12.8. The van der Waals surface area contributed by atoms with Gasteiger partial charge in [-0.1, -0.05) is 13.3 Å². The second kappa shape index (κ2) is 6.53. The number of amides is 2. The molecule has 1 aromatic carbocycles. The van der Waals surface area contributed by atoms with Crippen molar-refractivity contribution in [2.24, 2.45) is 5.92 Å². The van der Waals surface area contributed by atoms with Crippen LogP contribution in [0.4, 0.5) is 5.69 Å². The molecule has 2 amide bonds. The topological polar surface area (TPSA) is 52.7 Å². The van der Waals surface area contributed by atoms with Gasteiger partial charge in [0.25, 0.3) is 5.91 Å². The Morgan fingerprint density at radius 3 is 2.83 bits per heavy atom. The molecule has 2 aliphatic rings. The smallest absolute Gasteiger partial charge is 0.253 e. The van der Waals surface area contributed by atoms with Crippen LogP contribution in [0.3, 0.4) is 0 Å². The zero-order valence-electron chi connectivity index (χ0n) is 13.8. The van der Waals surface area contributed by atoms with Gasteiger partial charge in [0.05, 0.1) is 11.4 Å². The summed E-state index contributed by atoms with van der Waals surface area (Å²) in [6, 6.07) is 6.03. The lowest BCUT2D eigenvalue weighted by Gasteiger charge is -2.24. The van der Waals surface area contributed by atoms with E-state index in [1.165, 1.54) is 11.8 Å². The first kappa shape index (κ1) is 16.3. The molecular weight excluding hydrogens is 310 g/mol. The van der Waals surface area contributed by atoms with Crippen LogP contribution in [-0.4, -0.2) is 60.6 Å². The Morgan fingerprint density at radius 1 is 1.39 bits per heavy atom. The van der Waals surface area contributed by atoms with Crippen LogP contribution in [0.2, 0.25) is 0 Å². The van der Waals surface area contributed by atoms with E-state index in [0.29, 0.717) is 23.3 Å². The number of likely N-dealkylation sites (N-methyl/N-ethyl adjacent to an activating group) is 1. The van der Waals surface area contributed by atoms with Gasteiger partial charge in [0, 0.05) is 29.6 Å². The molecule has 1 saturated heterocycles. The van der Waals surface area contributed by atoms with Crippen molar-refractivity contribution in [1.29, 1.82) is 0 Å². The normalized spacial score (nSPS) is 23.8. The highest BCUT2D eigenvalue weighted by Gasteiger charge is 2.35. The molecule has 2 heterocycles.